The summed E-state index contributed by atoms with van der Waals surface area (Å²) in [7, 11) is 3.34. The molecule has 1 heterocycles. The molecule has 2 aromatic rings. The van der Waals surface area contributed by atoms with Crippen LogP contribution >= 0.6 is 15.9 Å². The van der Waals surface area contributed by atoms with E-state index in [2.05, 4.69) is 38.4 Å². The summed E-state index contributed by atoms with van der Waals surface area (Å²) >= 11 is 3.44. The number of rotatable bonds is 5. The van der Waals surface area contributed by atoms with Gasteiger partial charge in [0, 0.05) is 10.7 Å². The number of methoxy groups -OCH3 is 2. The number of hydrogen-bond donors (Lipinski definition) is 1. The second-order valence-electron chi connectivity index (χ2n) is 5.71. The number of benzene rings is 2. The molecule has 1 atom stereocenters. The molecule has 0 aromatic heterocycles. The Kier molecular flexibility index (Phi) is 5.53. The molecule has 24 heavy (non-hydrogen) atoms. The Morgan fingerprint density at radius 3 is 2.58 bits per heavy atom. The highest BCUT2D eigenvalue weighted by Gasteiger charge is 2.22. The van der Waals surface area contributed by atoms with E-state index in [9.17, 15) is 0 Å². The second-order valence-corrected chi connectivity index (χ2v) is 6.62. The predicted molar refractivity (Wildman–Crippen MR) is 101 cm³/mol. The van der Waals surface area contributed by atoms with Crippen molar-refractivity contribution in [1.29, 1.82) is 0 Å². The van der Waals surface area contributed by atoms with E-state index in [1.165, 1.54) is 11.1 Å². The molecular weight excluding hydrogens is 368 g/mol. The number of fused-ring (bicyclic) bond motifs is 1. The van der Waals surface area contributed by atoms with E-state index < -0.39 is 0 Å². The van der Waals surface area contributed by atoms with Crippen LogP contribution in [0.3, 0.4) is 0 Å². The molecule has 0 radical (unpaired) electrons. The molecule has 0 saturated carbocycles. The molecule has 1 N–H and O–H groups in total. The van der Waals surface area contributed by atoms with Crippen LogP contribution in [0.5, 0.6) is 11.5 Å². The minimum Gasteiger partial charge on any atom is -0.493 e. The van der Waals surface area contributed by atoms with E-state index in [1.807, 2.05) is 30.5 Å². The van der Waals surface area contributed by atoms with Crippen molar-refractivity contribution >= 4 is 22.1 Å². The van der Waals surface area contributed by atoms with Crippen LogP contribution in [0.2, 0.25) is 0 Å². The van der Waals surface area contributed by atoms with Gasteiger partial charge in [-0.1, -0.05) is 28.1 Å². The average molecular weight is 389 g/mol. The van der Waals surface area contributed by atoms with Crippen molar-refractivity contribution in [2.24, 2.45) is 4.99 Å². The minimum absolute atomic E-state index is 0.195. The molecule has 4 nitrogen and oxygen atoms in total. The van der Waals surface area contributed by atoms with Crippen molar-refractivity contribution < 1.29 is 9.47 Å². The molecule has 3 rings (SSSR count). The van der Waals surface area contributed by atoms with Crippen molar-refractivity contribution in [3.63, 3.8) is 0 Å². The predicted octanol–water partition coefficient (Wildman–Crippen LogP) is 3.77. The van der Waals surface area contributed by atoms with Crippen LogP contribution < -0.4 is 14.8 Å². The Labute approximate surface area is 151 Å². The van der Waals surface area contributed by atoms with Gasteiger partial charge >= 0.3 is 0 Å². The summed E-state index contributed by atoms with van der Waals surface area (Å²) in [5, 5.41) is 3.54. The molecule has 0 spiro atoms. The van der Waals surface area contributed by atoms with Gasteiger partial charge in [-0.25, -0.2) is 0 Å². The summed E-state index contributed by atoms with van der Waals surface area (Å²) in [5.41, 5.74) is 3.64. The van der Waals surface area contributed by atoms with E-state index >= 15 is 0 Å². The van der Waals surface area contributed by atoms with E-state index in [4.69, 9.17) is 9.47 Å². The summed E-state index contributed by atoms with van der Waals surface area (Å²) in [4.78, 5) is 4.62. The minimum atomic E-state index is 0.195. The van der Waals surface area contributed by atoms with E-state index in [0.717, 1.165) is 34.5 Å². The molecular formula is C19H21BrN2O2. The van der Waals surface area contributed by atoms with Crippen molar-refractivity contribution in [3.8, 4) is 11.5 Å². The topological polar surface area (TPSA) is 42.9 Å². The van der Waals surface area contributed by atoms with Crippen LogP contribution in [0.25, 0.3) is 0 Å². The molecule has 5 heteroatoms. The van der Waals surface area contributed by atoms with Gasteiger partial charge in [0.05, 0.1) is 26.8 Å². The summed E-state index contributed by atoms with van der Waals surface area (Å²) in [6.07, 6.45) is 2.91. The average Bonchev–Trinajstić information content (AvgIpc) is 2.62. The number of halogens is 1. The zero-order valence-electron chi connectivity index (χ0n) is 13.9. The van der Waals surface area contributed by atoms with Crippen LogP contribution in [-0.2, 0) is 6.42 Å². The van der Waals surface area contributed by atoms with Crippen molar-refractivity contribution in [3.05, 3.63) is 57.6 Å². The fourth-order valence-electron chi connectivity index (χ4n) is 2.94. The first-order chi connectivity index (χ1) is 11.7. The standard InChI is InChI=1S/C19H21BrN2O2/c1-23-18-9-14-7-8-22-17(16(14)10-19(18)24-2)12-21-11-13-3-5-15(20)6-4-13/h3-6,9-11,17,22H,7-8,12H2,1-2H3. The van der Waals surface area contributed by atoms with Crippen LogP contribution in [-0.4, -0.2) is 33.5 Å². The highest BCUT2D eigenvalue weighted by atomic mass is 79.9. The molecule has 1 aliphatic heterocycles. The SMILES string of the molecule is COc1cc2c(cc1OC)C(CN=Cc1ccc(Br)cc1)NCC2. The maximum atomic E-state index is 5.44. The summed E-state index contributed by atoms with van der Waals surface area (Å²) < 4.78 is 11.9. The lowest BCUT2D eigenvalue weighted by molar-refractivity contribution is 0.352. The molecule has 0 bridgehead atoms. The van der Waals surface area contributed by atoms with Gasteiger partial charge < -0.3 is 14.8 Å². The largest absolute Gasteiger partial charge is 0.493 e. The van der Waals surface area contributed by atoms with Gasteiger partial charge in [0.2, 0.25) is 0 Å². The summed E-state index contributed by atoms with van der Waals surface area (Å²) in [5.74, 6) is 1.55. The monoisotopic (exact) mass is 388 g/mol. The van der Waals surface area contributed by atoms with Gasteiger partial charge in [-0.15, -0.1) is 0 Å². The van der Waals surface area contributed by atoms with E-state index in [0.29, 0.717) is 6.54 Å². The van der Waals surface area contributed by atoms with Crippen LogP contribution in [0.15, 0.2) is 45.9 Å². The Bertz CT molecular complexity index is 729. The van der Waals surface area contributed by atoms with Gasteiger partial charge in [-0.3, -0.25) is 4.99 Å². The highest BCUT2D eigenvalue weighted by Crippen LogP contribution is 2.35. The highest BCUT2D eigenvalue weighted by molar-refractivity contribution is 9.10. The first-order valence-electron chi connectivity index (χ1n) is 7.95. The molecule has 0 saturated heterocycles. The molecule has 1 unspecified atom stereocenters. The zero-order valence-corrected chi connectivity index (χ0v) is 15.5. The first-order valence-corrected chi connectivity index (χ1v) is 8.74. The molecule has 0 amide bonds. The summed E-state index contributed by atoms with van der Waals surface area (Å²) in [6.45, 7) is 1.64. The normalized spacial score (nSPS) is 16.9. The maximum absolute atomic E-state index is 5.44. The van der Waals surface area contributed by atoms with Gasteiger partial charge in [0.1, 0.15) is 0 Å². The van der Waals surface area contributed by atoms with Crippen molar-refractivity contribution in [2.45, 2.75) is 12.5 Å². The smallest absolute Gasteiger partial charge is 0.161 e. The zero-order chi connectivity index (χ0) is 16.9. The third kappa shape index (κ3) is 3.79. The van der Waals surface area contributed by atoms with Crippen LogP contribution in [0.1, 0.15) is 22.7 Å². The van der Waals surface area contributed by atoms with Gasteiger partial charge in [0.25, 0.3) is 0 Å². The second kappa shape index (κ2) is 7.81. The number of aliphatic imine (C=N–C) groups is 1. The van der Waals surface area contributed by atoms with Crippen LogP contribution in [0.4, 0.5) is 0 Å². The quantitative estimate of drug-likeness (QED) is 0.792. The van der Waals surface area contributed by atoms with E-state index in [1.54, 1.807) is 14.2 Å². The first kappa shape index (κ1) is 17.0. The van der Waals surface area contributed by atoms with E-state index in [-0.39, 0.29) is 6.04 Å². The fraction of sp³-hybridized carbons (Fsp3) is 0.316. The molecule has 2 aromatic carbocycles. The Hall–Kier alpha value is -1.85. The number of nitrogens with one attached hydrogen (secondary N) is 1. The number of nitrogens with zero attached hydrogens (tertiary/aromatic N) is 1. The third-order valence-electron chi connectivity index (χ3n) is 4.20. The molecule has 0 fully saturated rings. The van der Waals surface area contributed by atoms with Crippen molar-refractivity contribution in [2.75, 3.05) is 27.3 Å². The lowest BCUT2D eigenvalue weighted by Crippen LogP contribution is -2.31. The lowest BCUT2D eigenvalue weighted by Gasteiger charge is -2.27. The third-order valence-corrected chi connectivity index (χ3v) is 4.73. The maximum Gasteiger partial charge on any atom is 0.161 e. The van der Waals surface area contributed by atoms with Gasteiger partial charge in [-0.2, -0.15) is 0 Å². The molecule has 0 aliphatic carbocycles. The number of ether oxygens (including phenoxy) is 2. The molecule has 1 aliphatic rings. The fourth-order valence-corrected chi connectivity index (χ4v) is 3.21. The van der Waals surface area contributed by atoms with Gasteiger partial charge in [-0.05, 0) is 53.9 Å². The summed E-state index contributed by atoms with van der Waals surface area (Å²) in [6, 6.07) is 12.5. The Morgan fingerprint density at radius 2 is 1.88 bits per heavy atom. The van der Waals surface area contributed by atoms with Gasteiger partial charge in [0.15, 0.2) is 11.5 Å². The Morgan fingerprint density at radius 1 is 1.17 bits per heavy atom. The lowest BCUT2D eigenvalue weighted by atomic mass is 9.93. The Balaban J connectivity index is 1.77. The number of hydrogen-bond acceptors (Lipinski definition) is 4. The van der Waals surface area contributed by atoms with Crippen LogP contribution in [0, 0.1) is 0 Å². The van der Waals surface area contributed by atoms with Crippen molar-refractivity contribution in [1.82, 2.24) is 5.32 Å². The molecule has 126 valence electrons.